The number of carbonyl (C=O) groups excluding carboxylic acids is 1. The Morgan fingerprint density at radius 2 is 1.79 bits per heavy atom. The van der Waals surface area contributed by atoms with Crippen LogP contribution in [0.25, 0.3) is 11.4 Å². The van der Waals surface area contributed by atoms with Crippen LogP contribution in [0.5, 0.6) is 0 Å². The van der Waals surface area contributed by atoms with E-state index in [1.165, 1.54) is 11.8 Å². The minimum absolute atomic E-state index is 0.0482. The van der Waals surface area contributed by atoms with Crippen molar-refractivity contribution in [3.8, 4) is 11.4 Å². The van der Waals surface area contributed by atoms with Gasteiger partial charge in [-0.15, -0.1) is 10.2 Å². The third-order valence-corrected chi connectivity index (χ3v) is 5.77. The van der Waals surface area contributed by atoms with Gasteiger partial charge in [-0.25, -0.2) is 0 Å². The molecule has 1 aromatic heterocycles. The quantitative estimate of drug-likeness (QED) is 0.553. The molecule has 7 heteroatoms. The Hall–Kier alpha value is -2.31. The van der Waals surface area contributed by atoms with Gasteiger partial charge in [0.25, 0.3) is 0 Å². The molecule has 2 aromatic carbocycles. The summed E-state index contributed by atoms with van der Waals surface area (Å²) in [6, 6.07) is 13.6. The number of halogens is 1. The second-order valence-corrected chi connectivity index (χ2v) is 7.75. The zero-order valence-electron chi connectivity index (χ0n) is 16.2. The topological polar surface area (TPSA) is 59.8 Å². The lowest BCUT2D eigenvalue weighted by Crippen LogP contribution is -2.17. The van der Waals surface area contributed by atoms with Gasteiger partial charge >= 0.3 is 0 Å². The summed E-state index contributed by atoms with van der Waals surface area (Å²) in [5.74, 6) is 0.936. The Kier molecular flexibility index (Phi) is 6.75. The number of carbonyl (C=O) groups is 1. The van der Waals surface area contributed by atoms with E-state index >= 15 is 0 Å². The maximum Gasteiger partial charge on any atom is 0.234 e. The Morgan fingerprint density at radius 3 is 2.43 bits per heavy atom. The van der Waals surface area contributed by atoms with Crippen molar-refractivity contribution in [1.29, 1.82) is 0 Å². The number of hydrogen-bond acceptors (Lipinski definition) is 4. The van der Waals surface area contributed by atoms with Gasteiger partial charge in [0.1, 0.15) is 0 Å². The zero-order chi connectivity index (χ0) is 20.1. The van der Waals surface area contributed by atoms with Crippen LogP contribution in [0.1, 0.15) is 25.0 Å². The van der Waals surface area contributed by atoms with E-state index in [1.807, 2.05) is 41.9 Å². The summed E-state index contributed by atoms with van der Waals surface area (Å²) in [7, 11) is 1.89. The van der Waals surface area contributed by atoms with Crippen LogP contribution in [0.3, 0.4) is 0 Å². The van der Waals surface area contributed by atoms with Crippen LogP contribution < -0.4 is 5.32 Å². The molecule has 0 radical (unpaired) electrons. The van der Waals surface area contributed by atoms with E-state index in [2.05, 4.69) is 41.5 Å². The molecule has 28 heavy (non-hydrogen) atoms. The van der Waals surface area contributed by atoms with Gasteiger partial charge in [0, 0.05) is 23.3 Å². The van der Waals surface area contributed by atoms with Crippen LogP contribution in [-0.4, -0.2) is 26.4 Å². The van der Waals surface area contributed by atoms with Crippen molar-refractivity contribution >= 4 is 35.0 Å². The molecule has 3 aromatic rings. The molecule has 0 saturated heterocycles. The van der Waals surface area contributed by atoms with E-state index in [1.54, 1.807) is 0 Å². The predicted molar refractivity (Wildman–Crippen MR) is 116 cm³/mol. The summed E-state index contributed by atoms with van der Waals surface area (Å²) in [4.78, 5) is 12.5. The highest BCUT2D eigenvalue weighted by atomic mass is 35.5. The van der Waals surface area contributed by atoms with Crippen molar-refractivity contribution in [2.75, 3.05) is 11.1 Å². The third kappa shape index (κ3) is 4.56. The summed E-state index contributed by atoms with van der Waals surface area (Å²) in [6.07, 6.45) is 1.76. The first-order valence-corrected chi connectivity index (χ1v) is 10.6. The molecule has 146 valence electrons. The van der Waals surface area contributed by atoms with Crippen molar-refractivity contribution in [2.24, 2.45) is 7.05 Å². The second-order valence-electron chi connectivity index (χ2n) is 6.37. The molecular weight excluding hydrogens is 392 g/mol. The first kappa shape index (κ1) is 20.4. The van der Waals surface area contributed by atoms with Gasteiger partial charge in [0.2, 0.25) is 5.91 Å². The maximum absolute atomic E-state index is 12.5. The SMILES string of the molecule is CCc1cccc(CC)c1NC(=O)CSc1nnc(-c2cccc(Cl)c2)n1C. The van der Waals surface area contributed by atoms with Gasteiger partial charge in [0.05, 0.1) is 5.75 Å². The highest BCUT2D eigenvalue weighted by Crippen LogP contribution is 2.26. The molecule has 0 unspecified atom stereocenters. The maximum atomic E-state index is 12.5. The molecule has 0 aliphatic carbocycles. The monoisotopic (exact) mass is 414 g/mol. The Morgan fingerprint density at radius 1 is 1.11 bits per heavy atom. The minimum Gasteiger partial charge on any atom is -0.325 e. The fraction of sp³-hybridized carbons (Fsp3) is 0.286. The molecule has 3 rings (SSSR count). The van der Waals surface area contributed by atoms with Crippen molar-refractivity contribution in [3.63, 3.8) is 0 Å². The summed E-state index contributed by atoms with van der Waals surface area (Å²) in [6.45, 7) is 4.19. The largest absolute Gasteiger partial charge is 0.325 e. The van der Waals surface area contributed by atoms with Crippen molar-refractivity contribution < 1.29 is 4.79 Å². The lowest BCUT2D eigenvalue weighted by Gasteiger charge is -2.14. The molecule has 0 atom stereocenters. The highest BCUT2D eigenvalue weighted by Gasteiger charge is 2.15. The number of aromatic nitrogens is 3. The number of amides is 1. The number of rotatable bonds is 7. The average Bonchev–Trinajstić information content (AvgIpc) is 3.07. The summed E-state index contributed by atoms with van der Waals surface area (Å²) in [5.41, 5.74) is 4.14. The van der Waals surface area contributed by atoms with Crippen LogP contribution in [0, 0.1) is 0 Å². The van der Waals surface area contributed by atoms with Gasteiger partial charge in [-0.1, -0.05) is 67.5 Å². The van der Waals surface area contributed by atoms with Gasteiger partial charge in [-0.2, -0.15) is 0 Å². The Balaban J connectivity index is 1.69. The number of thioether (sulfide) groups is 1. The molecule has 0 aliphatic rings. The van der Waals surface area contributed by atoms with E-state index in [9.17, 15) is 4.79 Å². The lowest BCUT2D eigenvalue weighted by atomic mass is 10.0. The van der Waals surface area contributed by atoms with Crippen LogP contribution in [0.15, 0.2) is 47.6 Å². The Labute approximate surface area is 174 Å². The summed E-state index contributed by atoms with van der Waals surface area (Å²) in [5, 5.41) is 12.9. The summed E-state index contributed by atoms with van der Waals surface area (Å²) < 4.78 is 1.88. The fourth-order valence-electron chi connectivity index (χ4n) is 3.03. The van der Waals surface area contributed by atoms with Crippen molar-refractivity contribution in [1.82, 2.24) is 14.8 Å². The highest BCUT2D eigenvalue weighted by molar-refractivity contribution is 7.99. The standard InChI is InChI=1S/C21H23ClN4OS/c1-4-14-8-6-9-15(5-2)19(14)23-18(27)13-28-21-25-24-20(26(21)3)16-10-7-11-17(22)12-16/h6-12H,4-5,13H2,1-3H3,(H,23,27). The van der Waals surface area contributed by atoms with E-state index in [0.717, 1.165) is 41.0 Å². The average molecular weight is 415 g/mol. The first-order valence-electron chi connectivity index (χ1n) is 9.22. The normalized spacial score (nSPS) is 10.9. The third-order valence-electron chi connectivity index (χ3n) is 4.51. The van der Waals surface area contributed by atoms with Gasteiger partial charge < -0.3 is 9.88 Å². The summed E-state index contributed by atoms with van der Waals surface area (Å²) >= 11 is 7.43. The molecule has 5 nitrogen and oxygen atoms in total. The van der Waals surface area contributed by atoms with Gasteiger partial charge in [0.15, 0.2) is 11.0 Å². The van der Waals surface area contributed by atoms with Crippen molar-refractivity contribution in [3.05, 3.63) is 58.6 Å². The molecule has 1 heterocycles. The zero-order valence-corrected chi connectivity index (χ0v) is 17.8. The van der Waals surface area contributed by atoms with E-state index in [4.69, 9.17) is 11.6 Å². The lowest BCUT2D eigenvalue weighted by molar-refractivity contribution is -0.113. The molecule has 0 aliphatic heterocycles. The van der Waals surface area contributed by atoms with E-state index in [-0.39, 0.29) is 11.7 Å². The molecule has 0 bridgehead atoms. The van der Waals surface area contributed by atoms with Gasteiger partial charge in [-0.3, -0.25) is 4.79 Å². The second kappa shape index (κ2) is 9.26. The van der Waals surface area contributed by atoms with Crippen LogP contribution in [-0.2, 0) is 24.7 Å². The van der Waals surface area contributed by atoms with Crippen LogP contribution >= 0.6 is 23.4 Å². The number of aryl methyl sites for hydroxylation is 2. The molecule has 0 spiro atoms. The van der Waals surface area contributed by atoms with E-state index < -0.39 is 0 Å². The predicted octanol–water partition coefficient (Wildman–Crippen LogP) is 4.99. The number of nitrogens with one attached hydrogen (secondary N) is 1. The number of nitrogens with zero attached hydrogens (tertiary/aromatic N) is 3. The molecule has 1 N–H and O–H groups in total. The van der Waals surface area contributed by atoms with Crippen LogP contribution in [0.2, 0.25) is 5.02 Å². The number of anilines is 1. The molecule has 0 saturated carbocycles. The molecule has 1 amide bonds. The number of hydrogen-bond donors (Lipinski definition) is 1. The molecule has 0 fully saturated rings. The Bertz CT molecular complexity index is 964. The number of benzene rings is 2. The smallest absolute Gasteiger partial charge is 0.234 e. The number of para-hydroxylation sites is 1. The van der Waals surface area contributed by atoms with Crippen LogP contribution in [0.4, 0.5) is 5.69 Å². The van der Waals surface area contributed by atoms with Gasteiger partial charge in [-0.05, 0) is 36.1 Å². The first-order chi connectivity index (χ1) is 13.5. The van der Waals surface area contributed by atoms with Crippen molar-refractivity contribution in [2.45, 2.75) is 31.8 Å². The fourth-order valence-corrected chi connectivity index (χ4v) is 3.93. The van der Waals surface area contributed by atoms with E-state index in [0.29, 0.717) is 10.2 Å². The molecular formula is C21H23ClN4OS. The minimum atomic E-state index is -0.0482.